The lowest BCUT2D eigenvalue weighted by Gasteiger charge is -2.08. The maximum atomic E-state index is 13.6. The summed E-state index contributed by atoms with van der Waals surface area (Å²) in [5, 5.41) is 0.291. The van der Waals surface area contributed by atoms with Crippen molar-refractivity contribution >= 4 is 11.6 Å². The Bertz CT molecular complexity index is 515. The van der Waals surface area contributed by atoms with Gasteiger partial charge < -0.3 is 0 Å². The van der Waals surface area contributed by atoms with Gasteiger partial charge in [-0.25, -0.2) is 8.78 Å². The third kappa shape index (κ3) is 1.93. The zero-order valence-electron chi connectivity index (χ0n) is 8.52. The molecule has 0 heterocycles. The molecule has 0 aliphatic rings. The molecule has 0 atom stereocenters. The molecule has 3 heteroatoms. The van der Waals surface area contributed by atoms with E-state index in [1.54, 1.807) is 6.92 Å². The Morgan fingerprint density at radius 3 is 2.50 bits per heavy atom. The number of halogens is 3. The molecule has 2 aromatic rings. The Hall–Kier alpha value is -1.41. The van der Waals surface area contributed by atoms with Gasteiger partial charge in [0.2, 0.25) is 0 Å². The van der Waals surface area contributed by atoms with Gasteiger partial charge >= 0.3 is 0 Å². The fraction of sp³-hybridized carbons (Fsp3) is 0.0769. The molecule has 2 aromatic carbocycles. The van der Waals surface area contributed by atoms with Gasteiger partial charge in [-0.1, -0.05) is 17.7 Å². The van der Waals surface area contributed by atoms with E-state index >= 15 is 0 Å². The number of hydrogen-bond donors (Lipinski definition) is 0. The van der Waals surface area contributed by atoms with Gasteiger partial charge in [0.15, 0.2) is 0 Å². The maximum absolute atomic E-state index is 13.6. The van der Waals surface area contributed by atoms with Crippen LogP contribution in [0.5, 0.6) is 0 Å². The van der Waals surface area contributed by atoms with Gasteiger partial charge in [0.25, 0.3) is 0 Å². The summed E-state index contributed by atoms with van der Waals surface area (Å²) in [7, 11) is 0. The molecule has 0 nitrogen and oxygen atoms in total. The third-order valence-electron chi connectivity index (χ3n) is 2.34. The topological polar surface area (TPSA) is 0 Å². The van der Waals surface area contributed by atoms with Crippen molar-refractivity contribution in [1.29, 1.82) is 0 Å². The molecular formula is C13H8ClF2. The fourth-order valence-corrected chi connectivity index (χ4v) is 1.76. The predicted octanol–water partition coefficient (Wildman–Crippen LogP) is 4.39. The summed E-state index contributed by atoms with van der Waals surface area (Å²) in [6, 6.07) is 9.75. The zero-order valence-corrected chi connectivity index (χ0v) is 9.28. The highest BCUT2D eigenvalue weighted by molar-refractivity contribution is 6.30. The van der Waals surface area contributed by atoms with Crippen LogP contribution in [0.1, 0.15) is 5.56 Å². The smallest absolute Gasteiger partial charge is 0.132 e. The van der Waals surface area contributed by atoms with Crippen LogP contribution in [-0.2, 0) is 0 Å². The molecule has 0 fully saturated rings. The molecule has 0 bridgehead atoms. The van der Waals surface area contributed by atoms with E-state index < -0.39 is 11.6 Å². The standard InChI is InChI=1S/C13H8ClF2/c1-8-3-2-4-11(15)13(8)10-6-5-9(14)7-12(10)16/h2,4-7H,1H3. The summed E-state index contributed by atoms with van der Waals surface area (Å²) in [6.45, 7) is 1.69. The number of rotatable bonds is 1. The lowest BCUT2D eigenvalue weighted by atomic mass is 9.99. The van der Waals surface area contributed by atoms with Crippen molar-refractivity contribution in [1.82, 2.24) is 0 Å². The van der Waals surface area contributed by atoms with E-state index in [0.717, 1.165) is 0 Å². The first kappa shape index (κ1) is 11.1. The quantitative estimate of drug-likeness (QED) is 0.690. The van der Waals surface area contributed by atoms with Gasteiger partial charge in [-0.2, -0.15) is 0 Å². The summed E-state index contributed by atoms with van der Waals surface area (Å²) < 4.78 is 27.2. The average Bonchev–Trinajstić information content (AvgIpc) is 2.20. The normalized spacial score (nSPS) is 10.5. The molecule has 2 rings (SSSR count). The van der Waals surface area contributed by atoms with Crippen LogP contribution >= 0.6 is 11.6 Å². The van der Waals surface area contributed by atoms with Crippen molar-refractivity contribution in [3.63, 3.8) is 0 Å². The lowest BCUT2D eigenvalue weighted by Crippen LogP contribution is -1.92. The summed E-state index contributed by atoms with van der Waals surface area (Å²) in [5.74, 6) is -0.994. The first-order chi connectivity index (χ1) is 7.59. The van der Waals surface area contributed by atoms with Crippen LogP contribution in [0.3, 0.4) is 0 Å². The molecule has 0 spiro atoms. The molecule has 0 N–H and O–H groups in total. The summed E-state index contributed by atoms with van der Waals surface area (Å²) >= 11 is 5.64. The van der Waals surface area contributed by atoms with E-state index in [4.69, 9.17) is 11.6 Å². The highest BCUT2D eigenvalue weighted by Crippen LogP contribution is 2.29. The summed E-state index contributed by atoms with van der Waals surface area (Å²) in [6.07, 6.45) is 0. The molecule has 0 aliphatic heterocycles. The minimum atomic E-state index is -0.533. The molecule has 1 radical (unpaired) electrons. The van der Waals surface area contributed by atoms with Crippen LogP contribution in [0.4, 0.5) is 8.78 Å². The maximum Gasteiger partial charge on any atom is 0.132 e. The number of hydrogen-bond acceptors (Lipinski definition) is 0. The second-order valence-electron chi connectivity index (χ2n) is 3.45. The number of aryl methyl sites for hydroxylation is 1. The predicted molar refractivity (Wildman–Crippen MR) is 60.4 cm³/mol. The molecule has 0 aromatic heterocycles. The van der Waals surface area contributed by atoms with E-state index in [0.29, 0.717) is 10.6 Å². The SMILES string of the molecule is Cc1[c]ccc(F)c1-c1ccc(Cl)cc1F. The highest BCUT2D eigenvalue weighted by Gasteiger charge is 2.12. The van der Waals surface area contributed by atoms with Crippen LogP contribution in [0.25, 0.3) is 11.1 Å². The molecule has 81 valence electrons. The van der Waals surface area contributed by atoms with Crippen molar-refractivity contribution < 1.29 is 8.78 Å². The van der Waals surface area contributed by atoms with Crippen molar-refractivity contribution in [3.05, 3.63) is 58.6 Å². The lowest BCUT2D eigenvalue weighted by molar-refractivity contribution is 0.615. The van der Waals surface area contributed by atoms with Crippen molar-refractivity contribution in [2.24, 2.45) is 0 Å². The Kier molecular flexibility index (Phi) is 2.92. The van der Waals surface area contributed by atoms with Gasteiger partial charge in [-0.15, -0.1) is 0 Å². The Morgan fingerprint density at radius 1 is 1.12 bits per heavy atom. The van der Waals surface area contributed by atoms with Crippen molar-refractivity contribution in [2.45, 2.75) is 6.92 Å². The second kappa shape index (κ2) is 4.22. The van der Waals surface area contributed by atoms with Crippen LogP contribution in [-0.4, -0.2) is 0 Å². The van der Waals surface area contributed by atoms with E-state index in [1.165, 1.54) is 30.3 Å². The minimum absolute atomic E-state index is 0.205. The average molecular weight is 238 g/mol. The zero-order chi connectivity index (χ0) is 11.7. The van der Waals surface area contributed by atoms with Gasteiger partial charge in [-0.05, 0) is 42.8 Å². The molecule has 16 heavy (non-hydrogen) atoms. The first-order valence-electron chi connectivity index (χ1n) is 4.72. The molecule has 0 aliphatic carbocycles. The molecular weight excluding hydrogens is 230 g/mol. The van der Waals surface area contributed by atoms with E-state index in [-0.39, 0.29) is 11.1 Å². The highest BCUT2D eigenvalue weighted by atomic mass is 35.5. The van der Waals surface area contributed by atoms with Crippen LogP contribution in [0.2, 0.25) is 5.02 Å². The van der Waals surface area contributed by atoms with E-state index in [1.807, 2.05) is 0 Å². The second-order valence-corrected chi connectivity index (χ2v) is 3.89. The monoisotopic (exact) mass is 237 g/mol. The Morgan fingerprint density at radius 2 is 1.88 bits per heavy atom. The number of benzene rings is 2. The van der Waals surface area contributed by atoms with E-state index in [2.05, 4.69) is 6.07 Å². The van der Waals surface area contributed by atoms with Crippen molar-refractivity contribution in [3.8, 4) is 11.1 Å². The molecule has 0 unspecified atom stereocenters. The van der Waals surface area contributed by atoms with Gasteiger partial charge in [-0.3, -0.25) is 0 Å². The fourth-order valence-electron chi connectivity index (χ4n) is 1.60. The van der Waals surface area contributed by atoms with Crippen LogP contribution < -0.4 is 0 Å². The van der Waals surface area contributed by atoms with Crippen LogP contribution in [0.15, 0.2) is 30.3 Å². The Balaban J connectivity index is 2.68. The Labute approximate surface area is 97.5 Å². The summed E-state index contributed by atoms with van der Waals surface area (Å²) in [5.41, 5.74) is 1.01. The molecule has 0 amide bonds. The van der Waals surface area contributed by atoms with Gasteiger partial charge in [0, 0.05) is 16.1 Å². The molecule has 0 saturated heterocycles. The largest absolute Gasteiger partial charge is 0.206 e. The third-order valence-corrected chi connectivity index (χ3v) is 2.58. The van der Waals surface area contributed by atoms with Crippen molar-refractivity contribution in [2.75, 3.05) is 0 Å². The van der Waals surface area contributed by atoms with Crippen LogP contribution in [0, 0.1) is 24.6 Å². The van der Waals surface area contributed by atoms with Gasteiger partial charge in [0.05, 0.1) is 0 Å². The van der Waals surface area contributed by atoms with E-state index in [9.17, 15) is 8.78 Å². The first-order valence-corrected chi connectivity index (χ1v) is 5.09. The molecule has 0 saturated carbocycles. The minimum Gasteiger partial charge on any atom is -0.206 e. The van der Waals surface area contributed by atoms with Gasteiger partial charge in [0.1, 0.15) is 11.6 Å². The summed E-state index contributed by atoms with van der Waals surface area (Å²) in [4.78, 5) is 0.